The van der Waals surface area contributed by atoms with Gasteiger partial charge in [-0.1, -0.05) is 30.3 Å². The third kappa shape index (κ3) is 2.21. The lowest BCUT2D eigenvalue weighted by molar-refractivity contribution is 0.502. The van der Waals surface area contributed by atoms with E-state index in [1.807, 2.05) is 30.3 Å². The Morgan fingerprint density at radius 3 is 2.50 bits per heavy atom. The molecule has 2 aromatic rings. The summed E-state index contributed by atoms with van der Waals surface area (Å²) >= 11 is 0. The van der Waals surface area contributed by atoms with Gasteiger partial charge in [-0.3, -0.25) is 0 Å². The first-order valence-corrected chi connectivity index (χ1v) is 6.82. The van der Waals surface area contributed by atoms with Crippen LogP contribution in [0.2, 0.25) is 0 Å². The maximum Gasteiger partial charge on any atom is 0.243 e. The number of rotatable bonds is 3. The summed E-state index contributed by atoms with van der Waals surface area (Å²) < 4.78 is 25.3. The van der Waals surface area contributed by atoms with Gasteiger partial charge in [0, 0.05) is 7.05 Å². The first kappa shape index (κ1) is 12.6. The molecule has 0 aliphatic rings. The summed E-state index contributed by atoms with van der Waals surface area (Å²) in [7, 11) is -2.19. The second kappa shape index (κ2) is 4.77. The van der Waals surface area contributed by atoms with Crippen molar-refractivity contribution in [1.82, 2.24) is 4.31 Å². The topological polar surface area (TPSA) is 61.2 Å². The highest BCUT2D eigenvalue weighted by atomic mass is 32.2. The van der Waals surface area contributed by atoms with Gasteiger partial charge in [-0.2, -0.15) is 9.57 Å². The summed E-state index contributed by atoms with van der Waals surface area (Å²) in [4.78, 5) is 0.207. The number of sulfonamides is 1. The first-order chi connectivity index (χ1) is 8.55. The Kier molecular flexibility index (Phi) is 3.32. The zero-order valence-electron chi connectivity index (χ0n) is 9.87. The van der Waals surface area contributed by atoms with E-state index in [9.17, 15) is 8.42 Å². The molecule has 0 aliphatic carbocycles. The monoisotopic (exact) mass is 260 g/mol. The van der Waals surface area contributed by atoms with Gasteiger partial charge >= 0.3 is 0 Å². The van der Waals surface area contributed by atoms with E-state index >= 15 is 0 Å². The second-order valence-electron chi connectivity index (χ2n) is 3.93. The van der Waals surface area contributed by atoms with Crippen LogP contribution in [0.4, 0.5) is 0 Å². The van der Waals surface area contributed by atoms with E-state index in [-0.39, 0.29) is 11.4 Å². The highest BCUT2D eigenvalue weighted by Gasteiger charge is 2.20. The zero-order valence-corrected chi connectivity index (χ0v) is 10.7. The van der Waals surface area contributed by atoms with Crippen LogP contribution < -0.4 is 0 Å². The van der Waals surface area contributed by atoms with Crippen LogP contribution in [0.1, 0.15) is 0 Å². The highest BCUT2D eigenvalue weighted by Crippen LogP contribution is 2.20. The van der Waals surface area contributed by atoms with Gasteiger partial charge in [-0.25, -0.2) is 8.42 Å². The van der Waals surface area contributed by atoms with Gasteiger partial charge in [0.05, 0.1) is 11.0 Å². The molecule has 0 bridgehead atoms. The van der Waals surface area contributed by atoms with Gasteiger partial charge in [0.1, 0.15) is 6.54 Å². The Hall–Kier alpha value is -1.90. The average Bonchev–Trinajstić information content (AvgIpc) is 2.38. The fraction of sp³-hybridized carbons (Fsp3) is 0.154. The van der Waals surface area contributed by atoms with Crippen molar-refractivity contribution in [3.05, 3.63) is 42.5 Å². The Bertz CT molecular complexity index is 717. The lowest BCUT2D eigenvalue weighted by Crippen LogP contribution is -2.27. The molecule has 0 spiro atoms. The van der Waals surface area contributed by atoms with Crippen LogP contribution in [0.5, 0.6) is 0 Å². The standard InChI is InChI=1S/C13H12N2O2S/c1-15(9-8-14)18(16,17)13-7-6-11-4-2-3-5-12(11)10-13/h2-7,10H,9H2,1H3. The third-order valence-corrected chi connectivity index (χ3v) is 4.52. The van der Waals surface area contributed by atoms with Gasteiger partial charge in [0.15, 0.2) is 0 Å². The highest BCUT2D eigenvalue weighted by molar-refractivity contribution is 7.89. The van der Waals surface area contributed by atoms with Crippen LogP contribution in [0, 0.1) is 11.3 Å². The molecule has 0 N–H and O–H groups in total. The van der Waals surface area contributed by atoms with Crippen molar-refractivity contribution in [2.45, 2.75) is 4.90 Å². The molecular weight excluding hydrogens is 248 g/mol. The first-order valence-electron chi connectivity index (χ1n) is 5.38. The molecule has 0 saturated heterocycles. The van der Waals surface area contributed by atoms with Gasteiger partial charge in [0.25, 0.3) is 0 Å². The van der Waals surface area contributed by atoms with Crippen molar-refractivity contribution in [3.63, 3.8) is 0 Å². The maximum atomic E-state index is 12.1. The van der Waals surface area contributed by atoms with Crippen LogP contribution in [-0.2, 0) is 10.0 Å². The van der Waals surface area contributed by atoms with Crippen LogP contribution in [0.25, 0.3) is 10.8 Å². The summed E-state index contributed by atoms with van der Waals surface area (Å²) in [6.07, 6.45) is 0. The summed E-state index contributed by atoms with van der Waals surface area (Å²) in [5, 5.41) is 10.4. The second-order valence-corrected chi connectivity index (χ2v) is 5.97. The minimum atomic E-state index is -3.58. The van der Waals surface area contributed by atoms with Crippen LogP contribution in [0.15, 0.2) is 47.4 Å². The smallest absolute Gasteiger partial charge is 0.207 e. The zero-order chi connectivity index (χ0) is 13.2. The Morgan fingerprint density at radius 2 is 1.83 bits per heavy atom. The molecule has 92 valence electrons. The predicted octanol–water partition coefficient (Wildman–Crippen LogP) is 1.98. The lowest BCUT2D eigenvalue weighted by Gasteiger charge is -2.13. The minimum absolute atomic E-state index is 0.158. The molecule has 0 aromatic heterocycles. The van der Waals surface area contributed by atoms with E-state index in [0.29, 0.717) is 0 Å². The molecule has 0 atom stereocenters. The SMILES string of the molecule is CN(CC#N)S(=O)(=O)c1ccc2ccccc2c1. The predicted molar refractivity (Wildman–Crippen MR) is 69.4 cm³/mol. The number of fused-ring (bicyclic) bond motifs is 1. The molecule has 0 aliphatic heterocycles. The van der Waals surface area contributed by atoms with E-state index in [1.165, 1.54) is 7.05 Å². The van der Waals surface area contributed by atoms with E-state index in [0.717, 1.165) is 15.1 Å². The van der Waals surface area contributed by atoms with Crippen LogP contribution >= 0.6 is 0 Å². The third-order valence-electron chi connectivity index (χ3n) is 2.72. The van der Waals surface area contributed by atoms with E-state index in [2.05, 4.69) is 0 Å². The quantitative estimate of drug-likeness (QED) is 0.793. The molecule has 5 heteroatoms. The Morgan fingerprint density at radius 1 is 1.17 bits per heavy atom. The molecule has 0 unspecified atom stereocenters. The summed E-state index contributed by atoms with van der Waals surface area (Å²) in [6.45, 7) is -0.158. The Balaban J connectivity index is 2.52. The number of nitriles is 1. The maximum absolute atomic E-state index is 12.1. The molecular formula is C13H12N2O2S. The van der Waals surface area contributed by atoms with Crippen molar-refractivity contribution in [2.75, 3.05) is 13.6 Å². The van der Waals surface area contributed by atoms with E-state index in [1.54, 1.807) is 18.2 Å². The summed E-state index contributed by atoms with van der Waals surface area (Å²) in [5.41, 5.74) is 0. The molecule has 0 saturated carbocycles. The molecule has 0 heterocycles. The van der Waals surface area contributed by atoms with Crippen LogP contribution in [-0.4, -0.2) is 26.3 Å². The number of hydrogen-bond donors (Lipinski definition) is 0. The number of nitrogens with zero attached hydrogens (tertiary/aromatic N) is 2. The number of benzene rings is 2. The minimum Gasteiger partial charge on any atom is -0.207 e. The van der Waals surface area contributed by atoms with Crippen LogP contribution in [0.3, 0.4) is 0 Å². The van der Waals surface area contributed by atoms with Gasteiger partial charge < -0.3 is 0 Å². The fourth-order valence-electron chi connectivity index (χ4n) is 1.69. The summed E-state index contributed by atoms with van der Waals surface area (Å²) in [6, 6.07) is 14.3. The van der Waals surface area contributed by atoms with Crippen molar-refractivity contribution >= 4 is 20.8 Å². The van der Waals surface area contributed by atoms with Gasteiger partial charge in [-0.15, -0.1) is 0 Å². The number of hydrogen-bond acceptors (Lipinski definition) is 3. The molecule has 0 radical (unpaired) electrons. The fourth-order valence-corrected chi connectivity index (χ4v) is 2.80. The molecule has 0 fully saturated rings. The van der Waals surface area contributed by atoms with Gasteiger partial charge in [0.2, 0.25) is 10.0 Å². The molecule has 4 nitrogen and oxygen atoms in total. The van der Waals surface area contributed by atoms with Crippen molar-refractivity contribution in [3.8, 4) is 6.07 Å². The molecule has 2 aromatic carbocycles. The van der Waals surface area contributed by atoms with Crippen molar-refractivity contribution in [2.24, 2.45) is 0 Å². The average molecular weight is 260 g/mol. The molecule has 2 rings (SSSR count). The Labute approximate surface area is 106 Å². The molecule has 18 heavy (non-hydrogen) atoms. The largest absolute Gasteiger partial charge is 0.243 e. The normalized spacial score (nSPS) is 11.6. The molecule has 0 amide bonds. The van der Waals surface area contributed by atoms with E-state index < -0.39 is 10.0 Å². The van der Waals surface area contributed by atoms with Gasteiger partial charge in [-0.05, 0) is 22.9 Å². The van der Waals surface area contributed by atoms with E-state index in [4.69, 9.17) is 5.26 Å². The summed E-state index contributed by atoms with van der Waals surface area (Å²) in [5.74, 6) is 0. The van der Waals surface area contributed by atoms with Crippen molar-refractivity contribution in [1.29, 1.82) is 5.26 Å². The lowest BCUT2D eigenvalue weighted by atomic mass is 10.1. The van der Waals surface area contributed by atoms with Crippen molar-refractivity contribution < 1.29 is 8.42 Å².